The van der Waals surface area contributed by atoms with Gasteiger partial charge in [0.25, 0.3) is 0 Å². The Kier molecular flexibility index (Phi) is 13.8. The van der Waals surface area contributed by atoms with Gasteiger partial charge in [0.15, 0.2) is 11.5 Å². The Morgan fingerprint density at radius 3 is 2.38 bits per heavy atom. The second kappa shape index (κ2) is 17.3. The van der Waals surface area contributed by atoms with Gasteiger partial charge in [0, 0.05) is 43.3 Å². The molecule has 0 amide bonds. The molecule has 1 aromatic heterocycles. The molecule has 0 unspecified atom stereocenters. The first-order valence-electron chi connectivity index (χ1n) is 15.3. The number of rotatable bonds is 19. The van der Waals surface area contributed by atoms with E-state index in [1.165, 1.54) is 43.8 Å². The van der Waals surface area contributed by atoms with Gasteiger partial charge in [0.2, 0.25) is 5.95 Å². The first-order chi connectivity index (χ1) is 19.0. The van der Waals surface area contributed by atoms with Gasteiger partial charge in [-0.2, -0.15) is 4.98 Å². The third kappa shape index (κ3) is 10.6. The fraction of sp³-hybridized carbons (Fsp3) is 0.724. The van der Waals surface area contributed by atoms with Crippen molar-refractivity contribution in [3.05, 3.63) is 12.1 Å². The molecule has 10 nitrogen and oxygen atoms in total. The van der Waals surface area contributed by atoms with Crippen molar-refractivity contribution in [2.75, 3.05) is 84.3 Å². The van der Waals surface area contributed by atoms with Crippen LogP contribution in [0.15, 0.2) is 12.1 Å². The van der Waals surface area contributed by atoms with Crippen molar-refractivity contribution < 1.29 is 30.7 Å². The average Bonchev–Trinajstić information content (AvgIpc) is 2.93. The lowest BCUT2D eigenvalue weighted by atomic mass is 10.0. The van der Waals surface area contributed by atoms with E-state index in [0.717, 1.165) is 92.9 Å². The summed E-state index contributed by atoms with van der Waals surface area (Å²) in [6.07, 6.45) is 10.5. The molecule has 0 bridgehead atoms. The number of hydrogen-bond donors (Lipinski definition) is 6. The summed E-state index contributed by atoms with van der Waals surface area (Å²) in [4.78, 5) is 13.0. The number of unbranched alkanes of at least 4 members (excludes halogenated alkanes) is 4. The molecule has 1 aliphatic heterocycles. The molecule has 0 aliphatic carbocycles. The fourth-order valence-electron chi connectivity index (χ4n) is 5.22. The summed E-state index contributed by atoms with van der Waals surface area (Å²) in [7, 11) is 6.06. The summed E-state index contributed by atoms with van der Waals surface area (Å²) in [5.41, 5.74) is 8.76. The molecule has 0 radical (unpaired) electrons. The normalized spacial score (nSPS) is 17.5. The zero-order valence-corrected chi connectivity index (χ0v) is 24.9. The molecule has 3 rings (SSSR count). The minimum absolute atomic E-state index is 0.409. The van der Waals surface area contributed by atoms with Crippen molar-refractivity contribution in [1.29, 1.82) is 0 Å². The van der Waals surface area contributed by atoms with E-state index in [1.54, 1.807) is 12.0 Å². The molecule has 39 heavy (non-hydrogen) atoms. The van der Waals surface area contributed by atoms with Gasteiger partial charge in [0.1, 0.15) is 5.82 Å². The number of ether oxygens (including phenoxy) is 2. The number of benzene rings is 1. The summed E-state index contributed by atoms with van der Waals surface area (Å²) in [5, 5.41) is 8.23. The van der Waals surface area contributed by atoms with Crippen LogP contribution in [0.4, 0.5) is 11.8 Å². The third-order valence-electron chi connectivity index (χ3n) is 7.58. The molecule has 0 atom stereocenters. The fourth-order valence-corrected chi connectivity index (χ4v) is 5.22. The number of methoxy groups -OCH3 is 1. The van der Waals surface area contributed by atoms with E-state index in [9.17, 15) is 0 Å². The van der Waals surface area contributed by atoms with Crippen LogP contribution < -0.4 is 41.4 Å². The van der Waals surface area contributed by atoms with Crippen LogP contribution >= 0.6 is 0 Å². The quantitative estimate of drug-likeness (QED) is 0.128. The van der Waals surface area contributed by atoms with Crippen LogP contribution in [0.2, 0.25) is 0 Å². The lowest BCUT2D eigenvalue weighted by Crippen LogP contribution is -3.13. The molecule has 10 heteroatoms. The number of piperidine rings is 1. The number of hydrogen-bond acceptors (Lipinski definition) is 6. The molecular formula is C29H56N8O2+4. The van der Waals surface area contributed by atoms with Gasteiger partial charge in [0.05, 0.1) is 72.6 Å². The number of aromatic nitrogens is 2. The molecule has 2 heterocycles. The summed E-state index contributed by atoms with van der Waals surface area (Å²) in [6, 6.07) is 4.45. The standard InChI is InChI=1S/C29H52N8O2/c1-36(2)16-10-15-32-29-34-25-22-27(39-20-9-5-7-14-31)26(38-3)21-24(25)28(35-29)33-23-11-18-37(19-12-23)17-8-4-6-13-30/h21-23H,4-20,30-31H2,1-3H3,(H2,32,33,34,35)/p+4. The highest BCUT2D eigenvalue weighted by Gasteiger charge is 2.23. The van der Waals surface area contributed by atoms with Crippen molar-refractivity contribution >= 4 is 22.7 Å². The van der Waals surface area contributed by atoms with Gasteiger partial charge in [-0.25, -0.2) is 4.98 Å². The van der Waals surface area contributed by atoms with Crippen molar-refractivity contribution in [3.8, 4) is 11.5 Å². The number of fused-ring (bicyclic) bond motifs is 1. The number of quaternary nitrogens is 4. The van der Waals surface area contributed by atoms with Crippen molar-refractivity contribution in [2.45, 2.75) is 63.8 Å². The Bertz CT molecular complexity index is 966. The van der Waals surface area contributed by atoms with Crippen LogP contribution in [-0.4, -0.2) is 89.6 Å². The smallest absolute Gasteiger partial charge is 0.225 e. The Hall–Kier alpha value is -2.40. The summed E-state index contributed by atoms with van der Waals surface area (Å²) < 4.78 is 11.9. The molecule has 1 saturated heterocycles. The molecule has 0 saturated carbocycles. The number of anilines is 2. The first-order valence-corrected chi connectivity index (χ1v) is 15.3. The van der Waals surface area contributed by atoms with Gasteiger partial charge in [-0.15, -0.1) is 0 Å². The Morgan fingerprint density at radius 2 is 1.69 bits per heavy atom. The topological polar surface area (TPSA) is 132 Å². The lowest BCUT2D eigenvalue weighted by Gasteiger charge is -2.30. The molecular weight excluding hydrogens is 492 g/mol. The van der Waals surface area contributed by atoms with Crippen molar-refractivity contribution in [1.82, 2.24) is 9.97 Å². The summed E-state index contributed by atoms with van der Waals surface area (Å²) >= 11 is 0. The largest absolute Gasteiger partial charge is 0.493 e. The maximum atomic E-state index is 6.14. The highest BCUT2D eigenvalue weighted by Crippen LogP contribution is 2.35. The molecule has 1 aromatic carbocycles. The zero-order valence-electron chi connectivity index (χ0n) is 24.9. The van der Waals surface area contributed by atoms with Crippen LogP contribution in [-0.2, 0) is 0 Å². The maximum absolute atomic E-state index is 6.14. The Labute approximate surface area is 235 Å². The number of nitrogens with one attached hydrogen (secondary N) is 4. The predicted octanol–water partition coefficient (Wildman–Crippen LogP) is -0.753. The third-order valence-corrected chi connectivity index (χ3v) is 7.58. The zero-order chi connectivity index (χ0) is 27.9. The molecule has 1 aliphatic rings. The van der Waals surface area contributed by atoms with E-state index in [0.29, 0.717) is 18.6 Å². The molecule has 0 spiro atoms. The van der Waals surface area contributed by atoms with Gasteiger partial charge in [-0.05, 0) is 44.6 Å². The number of likely N-dealkylation sites (tertiary alicyclic amines) is 1. The number of nitrogens with zero attached hydrogens (tertiary/aromatic N) is 2. The molecule has 1 fully saturated rings. The van der Waals surface area contributed by atoms with Crippen LogP contribution in [0.1, 0.15) is 57.8 Å². The van der Waals surface area contributed by atoms with Crippen LogP contribution in [0, 0.1) is 0 Å². The Balaban J connectivity index is 1.74. The lowest BCUT2D eigenvalue weighted by molar-refractivity contribution is -0.905. The highest BCUT2D eigenvalue weighted by molar-refractivity contribution is 5.92. The van der Waals surface area contributed by atoms with Gasteiger partial charge in [-0.1, -0.05) is 0 Å². The SMILES string of the molecule is COc1cc2c(NC3CC[NH+](CCCCC[NH3+])CC3)nc(NCCC[NH+](C)C)nc2cc1OCCCCC[NH3+]. The van der Waals surface area contributed by atoms with E-state index in [1.807, 2.05) is 12.1 Å². The Morgan fingerprint density at radius 1 is 0.949 bits per heavy atom. The molecule has 220 valence electrons. The second-order valence-corrected chi connectivity index (χ2v) is 11.2. The average molecular weight is 549 g/mol. The van der Waals surface area contributed by atoms with Gasteiger partial charge < -0.3 is 41.4 Å². The minimum Gasteiger partial charge on any atom is -0.493 e. The summed E-state index contributed by atoms with van der Waals surface area (Å²) in [5.74, 6) is 3.01. The van der Waals surface area contributed by atoms with Gasteiger partial charge in [-0.3, -0.25) is 0 Å². The van der Waals surface area contributed by atoms with E-state index >= 15 is 0 Å². The minimum atomic E-state index is 0.409. The first kappa shape index (κ1) is 31.1. The summed E-state index contributed by atoms with van der Waals surface area (Å²) in [6.45, 7) is 8.32. The van der Waals surface area contributed by atoms with Crippen LogP contribution in [0.5, 0.6) is 11.5 Å². The second-order valence-electron chi connectivity index (χ2n) is 11.2. The maximum Gasteiger partial charge on any atom is 0.225 e. The predicted molar refractivity (Wildman–Crippen MR) is 158 cm³/mol. The van der Waals surface area contributed by atoms with E-state index in [2.05, 4.69) is 36.2 Å². The monoisotopic (exact) mass is 548 g/mol. The van der Waals surface area contributed by atoms with Crippen molar-refractivity contribution in [3.63, 3.8) is 0 Å². The van der Waals surface area contributed by atoms with Crippen LogP contribution in [0.3, 0.4) is 0 Å². The molecule has 2 aromatic rings. The van der Waals surface area contributed by atoms with Crippen molar-refractivity contribution in [2.24, 2.45) is 0 Å². The van der Waals surface area contributed by atoms with Gasteiger partial charge >= 0.3 is 0 Å². The molecule has 10 N–H and O–H groups in total. The van der Waals surface area contributed by atoms with Crippen LogP contribution in [0.25, 0.3) is 10.9 Å². The van der Waals surface area contributed by atoms with E-state index in [4.69, 9.17) is 19.4 Å². The highest BCUT2D eigenvalue weighted by atomic mass is 16.5. The van der Waals surface area contributed by atoms with E-state index in [-0.39, 0.29) is 0 Å². The van der Waals surface area contributed by atoms with E-state index < -0.39 is 0 Å².